The molecule has 4 aliphatic carbocycles. The largest absolute Gasteiger partial charge is 0.389 e. The molecule has 0 radical (unpaired) electrons. The van der Waals surface area contributed by atoms with Gasteiger partial charge in [-0.2, -0.15) is 0 Å². The molecule has 2 heteroatoms. The van der Waals surface area contributed by atoms with Crippen LogP contribution >= 0.6 is 0 Å². The van der Waals surface area contributed by atoms with Crippen LogP contribution in [0.3, 0.4) is 0 Å². The van der Waals surface area contributed by atoms with Gasteiger partial charge in [-0.25, -0.2) is 0 Å². The molecule has 9 atom stereocenters. The van der Waals surface area contributed by atoms with E-state index in [1.54, 1.807) is 11.1 Å². The lowest BCUT2D eigenvalue weighted by Crippen LogP contribution is -2.53. The Labute approximate surface area is 198 Å². The fraction of sp³-hybridized carbons (Fsp3) is 0.867. The quantitative estimate of drug-likeness (QED) is 0.430. The monoisotopic (exact) mass is 442 g/mol. The number of aliphatic hydroxyl groups excluding tert-OH is 1. The van der Waals surface area contributed by atoms with Gasteiger partial charge in [-0.05, 0) is 102 Å². The molecule has 1 N–H and O–H groups in total. The molecule has 0 amide bonds. The van der Waals surface area contributed by atoms with Gasteiger partial charge in [0.1, 0.15) is 0 Å². The second-order valence-corrected chi connectivity index (χ2v) is 13.0. The van der Waals surface area contributed by atoms with Gasteiger partial charge in [-0.3, -0.25) is 0 Å². The predicted octanol–water partition coefficient (Wildman–Crippen LogP) is 7.57. The van der Waals surface area contributed by atoms with E-state index in [-0.39, 0.29) is 17.6 Å². The zero-order valence-electron chi connectivity index (χ0n) is 22.0. The van der Waals surface area contributed by atoms with Gasteiger partial charge >= 0.3 is 0 Å². The van der Waals surface area contributed by atoms with Crippen molar-refractivity contribution in [3.05, 3.63) is 23.3 Å². The highest BCUT2D eigenvalue weighted by molar-refractivity contribution is 5.39. The Morgan fingerprint density at radius 3 is 2.41 bits per heavy atom. The maximum Gasteiger partial charge on any atom is 0.0792 e. The molecular weight excluding hydrogens is 392 g/mol. The minimum absolute atomic E-state index is 0.213. The summed E-state index contributed by atoms with van der Waals surface area (Å²) in [6, 6.07) is 0. The molecule has 0 aromatic carbocycles. The van der Waals surface area contributed by atoms with Crippen molar-refractivity contribution in [2.24, 2.45) is 46.3 Å². The molecule has 32 heavy (non-hydrogen) atoms. The van der Waals surface area contributed by atoms with Gasteiger partial charge in [0.05, 0.1) is 12.2 Å². The molecule has 2 nitrogen and oxygen atoms in total. The van der Waals surface area contributed by atoms with Crippen molar-refractivity contribution >= 4 is 0 Å². The van der Waals surface area contributed by atoms with Gasteiger partial charge in [-0.1, -0.05) is 66.5 Å². The first-order valence-corrected chi connectivity index (χ1v) is 13.7. The molecule has 9 unspecified atom stereocenters. The maximum atomic E-state index is 10.5. The van der Waals surface area contributed by atoms with Crippen LogP contribution < -0.4 is 0 Å². The molecule has 0 aliphatic heterocycles. The molecule has 0 bridgehead atoms. The number of hydrogen-bond acceptors (Lipinski definition) is 2. The third-order valence-electron chi connectivity index (χ3n) is 11.3. The Morgan fingerprint density at radius 2 is 1.75 bits per heavy atom. The van der Waals surface area contributed by atoms with Gasteiger partial charge in [0.2, 0.25) is 0 Å². The molecule has 4 aliphatic rings. The lowest BCUT2D eigenvalue weighted by Gasteiger charge is -2.59. The molecule has 3 saturated carbocycles. The van der Waals surface area contributed by atoms with Crippen LogP contribution in [0.25, 0.3) is 0 Å². The van der Waals surface area contributed by atoms with Crippen molar-refractivity contribution in [3.8, 4) is 0 Å². The predicted molar refractivity (Wildman–Crippen MR) is 134 cm³/mol. The van der Waals surface area contributed by atoms with Crippen LogP contribution in [0.1, 0.15) is 99.3 Å². The molecular formula is C30H50O2. The Hall–Kier alpha value is -0.600. The standard InChI is InChI=1S/C30H50O2/c1-18(2)19(3)9-10-20(4)22-11-12-23-28-24(13-15-29(22,23)6)30(7)16-14-26(31)21(5)25(30)17-27(28)32-8/h18-20,22,24-27,31H,5,9-17H2,1-4,6-8H3. The van der Waals surface area contributed by atoms with Crippen LogP contribution in [-0.2, 0) is 4.74 Å². The van der Waals surface area contributed by atoms with E-state index in [0.717, 1.165) is 48.5 Å². The summed E-state index contributed by atoms with van der Waals surface area (Å²) in [7, 11) is 1.91. The summed E-state index contributed by atoms with van der Waals surface area (Å²) >= 11 is 0. The summed E-state index contributed by atoms with van der Waals surface area (Å²) in [6.07, 6.45) is 10.9. The first-order valence-electron chi connectivity index (χ1n) is 13.7. The Kier molecular flexibility index (Phi) is 6.80. The highest BCUT2D eigenvalue weighted by atomic mass is 16.5. The fourth-order valence-electron chi connectivity index (χ4n) is 8.69. The summed E-state index contributed by atoms with van der Waals surface area (Å²) in [5.41, 5.74) is 5.15. The van der Waals surface area contributed by atoms with E-state index in [2.05, 4.69) is 48.1 Å². The van der Waals surface area contributed by atoms with Crippen LogP contribution in [0.4, 0.5) is 0 Å². The normalized spacial score (nSPS) is 43.7. The smallest absolute Gasteiger partial charge is 0.0792 e. The molecule has 0 spiro atoms. The Morgan fingerprint density at radius 1 is 1.03 bits per heavy atom. The van der Waals surface area contributed by atoms with Crippen molar-refractivity contribution in [1.29, 1.82) is 0 Å². The third-order valence-corrected chi connectivity index (χ3v) is 11.3. The maximum absolute atomic E-state index is 10.5. The number of allylic oxidation sites excluding steroid dienone is 1. The highest BCUT2D eigenvalue weighted by Crippen LogP contribution is 2.66. The lowest BCUT2D eigenvalue weighted by atomic mass is 9.47. The van der Waals surface area contributed by atoms with E-state index in [1.165, 1.54) is 38.5 Å². The summed E-state index contributed by atoms with van der Waals surface area (Å²) in [5.74, 6) is 4.22. The molecule has 0 heterocycles. The van der Waals surface area contributed by atoms with Crippen molar-refractivity contribution in [2.75, 3.05) is 7.11 Å². The van der Waals surface area contributed by atoms with Crippen molar-refractivity contribution in [1.82, 2.24) is 0 Å². The summed E-state index contributed by atoms with van der Waals surface area (Å²) in [5, 5.41) is 10.5. The number of methoxy groups -OCH3 is 1. The van der Waals surface area contributed by atoms with E-state index in [9.17, 15) is 5.11 Å². The molecule has 3 fully saturated rings. The van der Waals surface area contributed by atoms with Gasteiger partial charge in [0, 0.05) is 7.11 Å². The number of ether oxygens (including phenoxy) is 1. The molecule has 0 saturated heterocycles. The van der Waals surface area contributed by atoms with Crippen LogP contribution in [0, 0.1) is 46.3 Å². The number of hydrogen-bond donors (Lipinski definition) is 1. The second kappa shape index (κ2) is 8.88. The Balaban J connectivity index is 1.63. The first kappa shape index (κ1) is 24.5. The summed E-state index contributed by atoms with van der Waals surface area (Å²) in [4.78, 5) is 0. The van der Waals surface area contributed by atoms with E-state index in [0.29, 0.717) is 17.3 Å². The minimum atomic E-state index is -0.321. The van der Waals surface area contributed by atoms with Crippen LogP contribution in [0.2, 0.25) is 0 Å². The van der Waals surface area contributed by atoms with Crippen molar-refractivity contribution in [2.45, 2.75) is 112 Å². The topological polar surface area (TPSA) is 29.5 Å². The van der Waals surface area contributed by atoms with Gasteiger partial charge < -0.3 is 9.84 Å². The molecule has 0 aromatic rings. The van der Waals surface area contributed by atoms with E-state index in [4.69, 9.17) is 4.74 Å². The average Bonchev–Trinajstić information content (AvgIpc) is 3.11. The van der Waals surface area contributed by atoms with Gasteiger partial charge in [-0.15, -0.1) is 0 Å². The molecule has 182 valence electrons. The summed E-state index contributed by atoms with van der Waals surface area (Å²) in [6.45, 7) is 19.2. The molecule has 0 aromatic heterocycles. The van der Waals surface area contributed by atoms with Gasteiger partial charge in [0.25, 0.3) is 0 Å². The first-order chi connectivity index (χ1) is 15.0. The number of fused-ring (bicyclic) bond motifs is 4. The zero-order valence-corrected chi connectivity index (χ0v) is 22.0. The SMILES string of the molecule is C=C1C(O)CCC2(C)C1CC(OC)C1=C3CCC(C(C)CCC(C)C(C)C)C3(C)CCC12. The van der Waals surface area contributed by atoms with Crippen LogP contribution in [0.15, 0.2) is 23.3 Å². The lowest BCUT2D eigenvalue weighted by molar-refractivity contribution is -0.0436. The van der Waals surface area contributed by atoms with E-state index < -0.39 is 0 Å². The number of rotatable bonds is 6. The average molecular weight is 443 g/mol. The van der Waals surface area contributed by atoms with Crippen molar-refractivity contribution < 1.29 is 9.84 Å². The Bertz CT molecular complexity index is 750. The van der Waals surface area contributed by atoms with Gasteiger partial charge in [0.15, 0.2) is 0 Å². The molecule has 4 rings (SSSR count). The number of aliphatic hydroxyl groups is 1. The van der Waals surface area contributed by atoms with Crippen LogP contribution in [0.5, 0.6) is 0 Å². The third kappa shape index (κ3) is 3.76. The zero-order chi connectivity index (χ0) is 23.4. The van der Waals surface area contributed by atoms with E-state index >= 15 is 0 Å². The fourth-order valence-corrected chi connectivity index (χ4v) is 8.69. The summed E-state index contributed by atoms with van der Waals surface area (Å²) < 4.78 is 6.21. The minimum Gasteiger partial charge on any atom is -0.389 e. The second-order valence-electron chi connectivity index (χ2n) is 13.0. The van der Waals surface area contributed by atoms with Crippen molar-refractivity contribution in [3.63, 3.8) is 0 Å². The van der Waals surface area contributed by atoms with Crippen LogP contribution in [-0.4, -0.2) is 24.4 Å². The highest BCUT2D eigenvalue weighted by Gasteiger charge is 2.58. The van der Waals surface area contributed by atoms with E-state index in [1.807, 2.05) is 7.11 Å².